The first-order valence-corrected chi connectivity index (χ1v) is 11.6. The third kappa shape index (κ3) is 6.45. The van der Waals surface area contributed by atoms with E-state index in [0.717, 1.165) is 5.56 Å². The van der Waals surface area contributed by atoms with Gasteiger partial charge in [0.25, 0.3) is 5.91 Å². The Morgan fingerprint density at radius 3 is 2.50 bits per heavy atom. The zero-order valence-corrected chi connectivity index (χ0v) is 19.2. The Bertz CT molecular complexity index is 1060. The Balaban J connectivity index is 1.79. The van der Waals surface area contributed by atoms with Crippen molar-refractivity contribution in [3.05, 3.63) is 77.1 Å². The van der Waals surface area contributed by atoms with Crippen molar-refractivity contribution < 1.29 is 14.3 Å². The molecule has 0 saturated carbocycles. The number of halogens is 1. The highest BCUT2D eigenvalue weighted by molar-refractivity contribution is 7.98. The van der Waals surface area contributed by atoms with Crippen molar-refractivity contribution in [3.8, 4) is 5.75 Å². The minimum atomic E-state index is -0.847. The first kappa shape index (κ1) is 23.6. The van der Waals surface area contributed by atoms with Crippen LogP contribution in [-0.2, 0) is 11.2 Å². The summed E-state index contributed by atoms with van der Waals surface area (Å²) in [7, 11) is 0. The molecule has 0 aliphatic rings. The van der Waals surface area contributed by atoms with Crippen molar-refractivity contribution in [2.45, 2.75) is 24.5 Å². The summed E-state index contributed by atoms with van der Waals surface area (Å²) in [5, 5.41) is 6.14. The Kier molecular flexibility index (Phi) is 8.47. The quantitative estimate of drug-likeness (QED) is 0.359. The van der Waals surface area contributed by atoms with Gasteiger partial charge in [-0.1, -0.05) is 53.7 Å². The van der Waals surface area contributed by atoms with Crippen LogP contribution in [0, 0.1) is 0 Å². The smallest absolute Gasteiger partial charge is 0.272 e. The van der Waals surface area contributed by atoms with Gasteiger partial charge in [0, 0.05) is 12.1 Å². The average molecular weight is 471 g/mol. The number of carbonyl (C=O) groups is 2. The van der Waals surface area contributed by atoms with E-state index in [0.29, 0.717) is 29.6 Å². The first-order valence-electron chi connectivity index (χ1n) is 9.95. The molecular formula is C23H23ClN4O3S. The number of aromatic nitrogens is 2. The van der Waals surface area contributed by atoms with Gasteiger partial charge in [0.05, 0.1) is 17.8 Å². The van der Waals surface area contributed by atoms with Gasteiger partial charge in [-0.25, -0.2) is 9.97 Å². The van der Waals surface area contributed by atoms with Crippen molar-refractivity contribution in [2.24, 2.45) is 0 Å². The van der Waals surface area contributed by atoms with E-state index in [1.165, 1.54) is 18.0 Å². The number of nitrogens with one attached hydrogen (secondary N) is 2. The summed E-state index contributed by atoms with van der Waals surface area (Å²) in [4.78, 5) is 34.2. The molecule has 0 aliphatic carbocycles. The van der Waals surface area contributed by atoms with Crippen LogP contribution in [0.4, 0.5) is 5.69 Å². The Morgan fingerprint density at radius 1 is 1.12 bits per heavy atom. The summed E-state index contributed by atoms with van der Waals surface area (Å²) in [6, 6.07) is 15.6. The molecule has 0 unspecified atom stereocenters. The van der Waals surface area contributed by atoms with Gasteiger partial charge in [-0.3, -0.25) is 9.59 Å². The van der Waals surface area contributed by atoms with Crippen LogP contribution in [0.1, 0.15) is 23.0 Å². The molecule has 2 aromatic carbocycles. The number of hydrogen-bond acceptors (Lipinski definition) is 6. The zero-order chi connectivity index (χ0) is 22.9. The monoisotopic (exact) mass is 470 g/mol. The summed E-state index contributed by atoms with van der Waals surface area (Å²) in [5.74, 6) is -0.195. The van der Waals surface area contributed by atoms with Crippen LogP contribution in [0.25, 0.3) is 0 Å². The number of carbonyl (C=O) groups excluding carboxylic acids is 2. The van der Waals surface area contributed by atoms with Gasteiger partial charge in [-0.15, -0.1) is 0 Å². The average Bonchev–Trinajstić information content (AvgIpc) is 2.81. The molecule has 1 aromatic heterocycles. The molecule has 0 spiro atoms. The van der Waals surface area contributed by atoms with Crippen LogP contribution >= 0.6 is 23.4 Å². The van der Waals surface area contributed by atoms with Crippen LogP contribution in [0.15, 0.2) is 66.0 Å². The van der Waals surface area contributed by atoms with Crippen molar-refractivity contribution in [2.75, 3.05) is 18.2 Å². The maximum Gasteiger partial charge on any atom is 0.272 e. The number of benzene rings is 2. The second-order valence-electron chi connectivity index (χ2n) is 6.72. The van der Waals surface area contributed by atoms with Crippen LogP contribution < -0.4 is 15.4 Å². The molecule has 0 fully saturated rings. The molecule has 3 aromatic rings. The number of anilines is 1. The number of thioether (sulfide) groups is 1. The first-order chi connectivity index (χ1) is 15.5. The van der Waals surface area contributed by atoms with Gasteiger partial charge in [-0.05, 0) is 43.0 Å². The molecule has 166 valence electrons. The third-order valence-electron chi connectivity index (χ3n) is 4.46. The van der Waals surface area contributed by atoms with E-state index in [2.05, 4.69) is 20.6 Å². The van der Waals surface area contributed by atoms with Crippen LogP contribution in [-0.4, -0.2) is 40.7 Å². The molecule has 2 N–H and O–H groups in total. The standard InChI is InChI=1S/C23H23ClN4O3S/c1-3-31-17-11-9-16(10-12-17)26-21(29)19(13-15-7-5-4-6-8-15)27-22(30)20-18(24)14-25-23(28-20)32-2/h4-12,14,19H,3,13H2,1-2H3,(H,26,29)(H,27,30)/t19-/m1/s1. The SMILES string of the molecule is CCOc1ccc(NC(=O)[C@@H](Cc2ccccc2)NC(=O)c2nc(SC)ncc2Cl)cc1. The van der Waals surface area contributed by atoms with E-state index in [1.54, 1.807) is 30.5 Å². The van der Waals surface area contributed by atoms with Crippen LogP contribution in [0.3, 0.4) is 0 Å². The van der Waals surface area contributed by atoms with Crippen molar-refractivity contribution in [1.29, 1.82) is 0 Å². The van der Waals surface area contributed by atoms with Gasteiger partial charge in [-0.2, -0.15) is 0 Å². The number of hydrogen-bond donors (Lipinski definition) is 2. The lowest BCUT2D eigenvalue weighted by atomic mass is 10.0. The predicted octanol–water partition coefficient (Wildman–Crippen LogP) is 4.23. The second-order valence-corrected chi connectivity index (χ2v) is 7.90. The number of amides is 2. The van der Waals surface area contributed by atoms with Gasteiger partial charge < -0.3 is 15.4 Å². The Hall–Kier alpha value is -3.10. The summed E-state index contributed by atoms with van der Waals surface area (Å²) >= 11 is 7.43. The summed E-state index contributed by atoms with van der Waals surface area (Å²) < 4.78 is 5.43. The van der Waals surface area contributed by atoms with Gasteiger partial charge in [0.1, 0.15) is 11.8 Å². The van der Waals surface area contributed by atoms with Gasteiger partial charge in [0.15, 0.2) is 10.9 Å². The van der Waals surface area contributed by atoms with Crippen LogP contribution in [0.5, 0.6) is 5.75 Å². The predicted molar refractivity (Wildman–Crippen MR) is 126 cm³/mol. The van der Waals surface area contributed by atoms with Gasteiger partial charge >= 0.3 is 0 Å². The Morgan fingerprint density at radius 2 is 1.84 bits per heavy atom. The molecule has 32 heavy (non-hydrogen) atoms. The van der Waals surface area contributed by atoms with E-state index in [-0.39, 0.29) is 16.6 Å². The largest absolute Gasteiger partial charge is 0.494 e. The summed E-state index contributed by atoms with van der Waals surface area (Å²) in [6.07, 6.45) is 3.47. The molecule has 0 saturated heterocycles. The number of nitrogens with zero attached hydrogens (tertiary/aromatic N) is 2. The molecule has 1 heterocycles. The van der Waals surface area contributed by atoms with E-state index in [1.807, 2.05) is 37.3 Å². The zero-order valence-electron chi connectivity index (χ0n) is 17.7. The molecule has 0 aliphatic heterocycles. The molecule has 0 radical (unpaired) electrons. The lowest BCUT2D eigenvalue weighted by Gasteiger charge is -2.19. The van der Waals surface area contributed by atoms with Crippen molar-refractivity contribution in [3.63, 3.8) is 0 Å². The van der Waals surface area contributed by atoms with E-state index in [4.69, 9.17) is 16.3 Å². The van der Waals surface area contributed by atoms with Crippen molar-refractivity contribution >= 4 is 40.9 Å². The Labute approximate surface area is 196 Å². The van der Waals surface area contributed by atoms with Crippen molar-refractivity contribution in [1.82, 2.24) is 15.3 Å². The maximum atomic E-state index is 13.1. The van der Waals surface area contributed by atoms with E-state index >= 15 is 0 Å². The fourth-order valence-electron chi connectivity index (χ4n) is 2.92. The summed E-state index contributed by atoms with van der Waals surface area (Å²) in [6.45, 7) is 2.46. The number of rotatable bonds is 9. The third-order valence-corrected chi connectivity index (χ3v) is 5.30. The van der Waals surface area contributed by atoms with E-state index in [9.17, 15) is 9.59 Å². The molecule has 3 rings (SSSR count). The maximum absolute atomic E-state index is 13.1. The highest BCUT2D eigenvalue weighted by Crippen LogP contribution is 2.18. The molecule has 1 atom stereocenters. The van der Waals surface area contributed by atoms with E-state index < -0.39 is 11.9 Å². The lowest BCUT2D eigenvalue weighted by molar-refractivity contribution is -0.118. The molecular weight excluding hydrogens is 448 g/mol. The molecule has 0 bridgehead atoms. The topological polar surface area (TPSA) is 93.2 Å². The normalized spacial score (nSPS) is 11.5. The molecule has 2 amide bonds. The fraction of sp³-hybridized carbons (Fsp3) is 0.217. The summed E-state index contributed by atoms with van der Waals surface area (Å²) in [5.41, 5.74) is 1.52. The molecule has 9 heteroatoms. The minimum absolute atomic E-state index is 0.0259. The second kappa shape index (κ2) is 11.5. The minimum Gasteiger partial charge on any atom is -0.494 e. The fourth-order valence-corrected chi connectivity index (χ4v) is 3.44. The lowest BCUT2D eigenvalue weighted by Crippen LogP contribution is -2.45. The highest BCUT2D eigenvalue weighted by Gasteiger charge is 2.24. The van der Waals surface area contributed by atoms with Crippen LogP contribution in [0.2, 0.25) is 5.02 Å². The number of ether oxygens (including phenoxy) is 1. The highest BCUT2D eigenvalue weighted by atomic mass is 35.5. The molecule has 7 nitrogen and oxygen atoms in total. The van der Waals surface area contributed by atoms with Gasteiger partial charge in [0.2, 0.25) is 5.91 Å².